The van der Waals surface area contributed by atoms with Crippen molar-refractivity contribution in [1.29, 1.82) is 0 Å². The first kappa shape index (κ1) is 33.2. The van der Waals surface area contributed by atoms with Crippen molar-refractivity contribution in [2.24, 2.45) is 0 Å². The fourth-order valence-electron chi connectivity index (χ4n) is 10.4. The first-order valence-corrected chi connectivity index (χ1v) is 20.4. The maximum Gasteiger partial charge on any atom is 0.145 e. The molecule has 0 radical (unpaired) electrons. The summed E-state index contributed by atoms with van der Waals surface area (Å²) < 4.78 is 2.43. The van der Waals surface area contributed by atoms with Crippen LogP contribution < -0.4 is 4.90 Å². The average molecular weight is 744 g/mol. The minimum atomic E-state index is -0.0869. The van der Waals surface area contributed by atoms with Gasteiger partial charge in [0.1, 0.15) is 5.82 Å². The largest absolute Gasteiger partial charge is 0.310 e. The van der Waals surface area contributed by atoms with E-state index < -0.39 is 0 Å². The molecule has 3 aliphatic rings. The van der Waals surface area contributed by atoms with Crippen LogP contribution in [0.25, 0.3) is 72.6 Å². The van der Waals surface area contributed by atoms with Crippen LogP contribution >= 0.6 is 0 Å². The molecule has 1 aliphatic heterocycles. The number of aromatic nitrogens is 2. The number of benzene rings is 8. The van der Waals surface area contributed by atoms with Crippen LogP contribution in [-0.2, 0) is 10.8 Å². The quantitative estimate of drug-likeness (QED) is 0.175. The van der Waals surface area contributed by atoms with Crippen LogP contribution in [0.15, 0.2) is 176 Å². The number of imidazole rings is 1. The summed E-state index contributed by atoms with van der Waals surface area (Å²) in [6.45, 7) is 9.41. The highest BCUT2D eigenvalue weighted by Gasteiger charge is 2.41. The number of rotatable bonds is 5. The predicted molar refractivity (Wildman–Crippen MR) is 241 cm³/mol. The SMILES string of the molecule is CC1(C)c2ccccc2-c2ccc(N(c3ccccc3)c3ccc(-c4ccc(-c5nc6ccc7c8c6n5-c5ccccc5-c5cccc(c5-8)C7(C)C)cc4)cc3)cc21. The molecule has 0 spiro atoms. The van der Waals surface area contributed by atoms with Crippen molar-refractivity contribution in [1.82, 2.24) is 9.55 Å². The lowest BCUT2D eigenvalue weighted by atomic mass is 9.81. The van der Waals surface area contributed by atoms with Gasteiger partial charge >= 0.3 is 0 Å². The highest BCUT2D eigenvalue weighted by atomic mass is 15.1. The molecular weight excluding hydrogens is 703 g/mol. The Labute approximate surface area is 339 Å². The van der Waals surface area contributed by atoms with Gasteiger partial charge in [-0.3, -0.25) is 4.57 Å². The molecule has 2 heterocycles. The van der Waals surface area contributed by atoms with Crippen molar-refractivity contribution >= 4 is 28.1 Å². The molecule has 0 fully saturated rings. The van der Waals surface area contributed by atoms with Crippen molar-refractivity contribution in [3.8, 4) is 61.6 Å². The molecular formula is C55H41N3. The van der Waals surface area contributed by atoms with Gasteiger partial charge < -0.3 is 4.90 Å². The first-order valence-electron chi connectivity index (χ1n) is 20.4. The minimum absolute atomic E-state index is 0.0742. The van der Waals surface area contributed by atoms with Gasteiger partial charge in [0.05, 0.1) is 16.7 Å². The van der Waals surface area contributed by atoms with Crippen LogP contribution in [0.1, 0.15) is 49.9 Å². The molecule has 276 valence electrons. The van der Waals surface area contributed by atoms with Gasteiger partial charge in [-0.25, -0.2) is 4.98 Å². The van der Waals surface area contributed by atoms with Crippen molar-refractivity contribution in [3.63, 3.8) is 0 Å². The molecule has 8 aromatic carbocycles. The lowest BCUT2D eigenvalue weighted by Gasteiger charge is -2.28. The fourth-order valence-corrected chi connectivity index (χ4v) is 10.4. The summed E-state index contributed by atoms with van der Waals surface area (Å²) in [5, 5.41) is 0. The van der Waals surface area contributed by atoms with E-state index in [1.54, 1.807) is 0 Å². The number of anilines is 3. The third kappa shape index (κ3) is 4.47. The van der Waals surface area contributed by atoms with Gasteiger partial charge in [0.2, 0.25) is 0 Å². The Morgan fingerprint density at radius 3 is 1.78 bits per heavy atom. The Kier molecular flexibility index (Phi) is 6.74. The Morgan fingerprint density at radius 1 is 0.414 bits per heavy atom. The normalized spacial score (nSPS) is 14.5. The molecule has 3 heteroatoms. The minimum Gasteiger partial charge on any atom is -0.310 e. The number of nitrogens with zero attached hydrogens (tertiary/aromatic N) is 3. The van der Waals surface area contributed by atoms with Crippen molar-refractivity contribution in [3.05, 3.63) is 198 Å². The van der Waals surface area contributed by atoms with Gasteiger partial charge in [-0.1, -0.05) is 155 Å². The fraction of sp³-hybridized carbons (Fsp3) is 0.109. The molecule has 0 N–H and O–H groups in total. The van der Waals surface area contributed by atoms with E-state index in [1.165, 1.54) is 78.0 Å². The summed E-state index contributed by atoms with van der Waals surface area (Å²) in [6.07, 6.45) is 0. The molecule has 2 aliphatic carbocycles. The van der Waals surface area contributed by atoms with E-state index in [1.807, 2.05) is 0 Å². The summed E-state index contributed by atoms with van der Waals surface area (Å²) in [7, 11) is 0. The van der Waals surface area contributed by atoms with E-state index >= 15 is 0 Å². The Morgan fingerprint density at radius 2 is 0.983 bits per heavy atom. The van der Waals surface area contributed by atoms with Gasteiger partial charge in [0.15, 0.2) is 0 Å². The van der Waals surface area contributed by atoms with Crippen LogP contribution in [0.5, 0.6) is 0 Å². The lowest BCUT2D eigenvalue weighted by molar-refractivity contribution is 0.660. The van der Waals surface area contributed by atoms with Crippen molar-refractivity contribution in [2.75, 3.05) is 4.90 Å². The molecule has 0 saturated carbocycles. The van der Waals surface area contributed by atoms with Crippen LogP contribution in [0.2, 0.25) is 0 Å². The second-order valence-electron chi connectivity index (χ2n) is 17.2. The molecule has 0 atom stereocenters. The van der Waals surface area contributed by atoms with Gasteiger partial charge in [-0.05, 0) is 104 Å². The van der Waals surface area contributed by atoms with Crippen molar-refractivity contribution in [2.45, 2.75) is 38.5 Å². The molecule has 0 saturated heterocycles. The average Bonchev–Trinajstić information content (AvgIpc) is 3.81. The van der Waals surface area contributed by atoms with E-state index in [9.17, 15) is 0 Å². The smallest absolute Gasteiger partial charge is 0.145 e. The molecule has 0 unspecified atom stereocenters. The maximum atomic E-state index is 5.37. The summed E-state index contributed by atoms with van der Waals surface area (Å²) in [5.74, 6) is 0.968. The Hall–Kier alpha value is -6.97. The second-order valence-corrected chi connectivity index (χ2v) is 17.2. The molecule has 0 bridgehead atoms. The van der Waals surface area contributed by atoms with Gasteiger partial charge in [0.25, 0.3) is 0 Å². The molecule has 9 aromatic rings. The summed E-state index contributed by atoms with van der Waals surface area (Å²) in [4.78, 5) is 7.75. The molecule has 1 aromatic heterocycles. The molecule has 58 heavy (non-hydrogen) atoms. The van der Waals surface area contributed by atoms with E-state index in [-0.39, 0.29) is 10.8 Å². The van der Waals surface area contributed by atoms with Crippen LogP contribution in [0.3, 0.4) is 0 Å². The van der Waals surface area contributed by atoms with Crippen LogP contribution in [0, 0.1) is 0 Å². The van der Waals surface area contributed by atoms with Gasteiger partial charge in [-0.15, -0.1) is 0 Å². The summed E-state index contributed by atoms with van der Waals surface area (Å²) >= 11 is 0. The Balaban J connectivity index is 0.929. The standard InChI is InChI=1S/C55H41N3/c1-54(2)44-18-10-8-15-40(44)41-30-29-39(33-47(41)54)57(37-13-6-5-7-14-37)38-27-25-35(26-28-38)34-21-23-36(24-22-34)53-56-48-32-31-46-51-50-43(17-12-19-45(50)55(46,3)4)42-16-9-11-20-49(42)58(53)52(48)51/h5-33H,1-4H3. The second kappa shape index (κ2) is 11.8. The van der Waals surface area contributed by atoms with Crippen LogP contribution in [-0.4, -0.2) is 9.55 Å². The third-order valence-electron chi connectivity index (χ3n) is 13.4. The number of hydrogen-bond acceptors (Lipinski definition) is 2. The monoisotopic (exact) mass is 743 g/mol. The van der Waals surface area contributed by atoms with Gasteiger partial charge in [0, 0.05) is 44.6 Å². The van der Waals surface area contributed by atoms with E-state index in [0.717, 1.165) is 34.0 Å². The van der Waals surface area contributed by atoms with Crippen molar-refractivity contribution < 1.29 is 0 Å². The predicted octanol–water partition coefficient (Wildman–Crippen LogP) is 14.4. The van der Waals surface area contributed by atoms with E-state index in [4.69, 9.17) is 4.98 Å². The topological polar surface area (TPSA) is 21.1 Å². The number of hydrogen-bond donors (Lipinski definition) is 0. The maximum absolute atomic E-state index is 5.37. The third-order valence-corrected chi connectivity index (χ3v) is 13.4. The summed E-state index contributed by atoms with van der Waals surface area (Å²) in [5.41, 5.74) is 23.5. The highest BCUT2D eigenvalue weighted by molar-refractivity contribution is 6.08. The molecule has 3 nitrogen and oxygen atoms in total. The Bertz CT molecular complexity index is 3150. The van der Waals surface area contributed by atoms with Crippen LogP contribution in [0.4, 0.5) is 17.1 Å². The highest BCUT2D eigenvalue weighted by Crippen LogP contribution is 2.57. The lowest BCUT2D eigenvalue weighted by Crippen LogP contribution is -2.16. The number of para-hydroxylation sites is 2. The number of fused-ring (bicyclic) bond motifs is 6. The summed E-state index contributed by atoms with van der Waals surface area (Å²) in [6, 6.07) is 64.7. The van der Waals surface area contributed by atoms with E-state index in [0.29, 0.717) is 0 Å². The zero-order valence-corrected chi connectivity index (χ0v) is 33.1. The first-order chi connectivity index (χ1) is 28.3. The zero-order chi connectivity index (χ0) is 38.9. The van der Waals surface area contributed by atoms with E-state index in [2.05, 4.69) is 213 Å². The van der Waals surface area contributed by atoms with Gasteiger partial charge in [-0.2, -0.15) is 0 Å². The molecule has 12 rings (SSSR count). The molecule has 0 amide bonds. The zero-order valence-electron chi connectivity index (χ0n) is 33.1.